The van der Waals surface area contributed by atoms with Crippen LogP contribution in [0.25, 0.3) is 11.0 Å². The SMILES string of the molecule is COc1cc2ccoc2cc1CCOCCN1CCCC(O)C1.O=C(O)C(=O)O. The van der Waals surface area contributed by atoms with Crippen LogP contribution in [0, 0.1) is 0 Å². The van der Waals surface area contributed by atoms with Crippen LogP contribution in [-0.2, 0) is 20.7 Å². The number of carboxylic acid groups (broad SMARTS) is 2. The second-order valence-corrected chi connectivity index (χ2v) is 6.69. The van der Waals surface area contributed by atoms with Crippen LogP contribution < -0.4 is 4.74 Å². The van der Waals surface area contributed by atoms with Crippen LogP contribution >= 0.6 is 0 Å². The predicted octanol–water partition coefficient (Wildman–Crippen LogP) is 1.61. The summed E-state index contributed by atoms with van der Waals surface area (Å²) < 4.78 is 16.7. The minimum absolute atomic E-state index is 0.173. The van der Waals surface area contributed by atoms with E-state index >= 15 is 0 Å². The van der Waals surface area contributed by atoms with Crippen LogP contribution in [-0.4, -0.2) is 78.2 Å². The summed E-state index contributed by atoms with van der Waals surface area (Å²) >= 11 is 0. The first kappa shape index (κ1) is 22.7. The van der Waals surface area contributed by atoms with Gasteiger partial charge in [-0.25, -0.2) is 9.59 Å². The molecule has 0 spiro atoms. The smallest absolute Gasteiger partial charge is 0.414 e. The highest BCUT2D eigenvalue weighted by molar-refractivity contribution is 6.27. The van der Waals surface area contributed by atoms with E-state index in [0.29, 0.717) is 13.2 Å². The standard InChI is InChI=1S/C18H25NO4.C2H2O4/c1-21-17-11-15-5-9-23-18(15)12-14(17)4-8-22-10-7-19-6-2-3-16(20)13-19;3-1(4)2(5)6/h5,9,11-12,16,20H,2-4,6-8,10,13H2,1H3;(H,3,4)(H,5,6). The van der Waals surface area contributed by atoms with Gasteiger partial charge in [-0.2, -0.15) is 0 Å². The fraction of sp³-hybridized carbons (Fsp3) is 0.500. The molecule has 2 heterocycles. The fourth-order valence-corrected chi connectivity index (χ4v) is 3.13. The number of rotatable bonds is 7. The molecule has 9 heteroatoms. The lowest BCUT2D eigenvalue weighted by Gasteiger charge is -2.29. The summed E-state index contributed by atoms with van der Waals surface area (Å²) in [6.07, 6.45) is 4.31. The molecule has 1 unspecified atom stereocenters. The Labute approximate surface area is 168 Å². The maximum atomic E-state index is 9.65. The molecule has 0 saturated carbocycles. The second-order valence-electron chi connectivity index (χ2n) is 6.69. The number of aliphatic hydroxyl groups excluding tert-OH is 1. The highest BCUT2D eigenvalue weighted by Crippen LogP contribution is 2.27. The number of likely N-dealkylation sites (tertiary alicyclic amines) is 1. The molecule has 1 aliphatic heterocycles. The first-order chi connectivity index (χ1) is 13.9. The quantitative estimate of drug-likeness (QED) is 0.461. The van der Waals surface area contributed by atoms with Gasteiger partial charge in [-0.3, -0.25) is 4.90 Å². The number of aliphatic carboxylic acids is 2. The molecule has 1 atom stereocenters. The number of aliphatic hydroxyl groups is 1. The molecule has 0 radical (unpaired) electrons. The molecule has 1 saturated heterocycles. The Bertz CT molecular complexity index is 791. The molecule has 0 bridgehead atoms. The minimum atomic E-state index is -1.82. The number of nitrogens with zero attached hydrogens (tertiary/aromatic N) is 1. The van der Waals surface area contributed by atoms with Crippen molar-refractivity contribution >= 4 is 22.9 Å². The summed E-state index contributed by atoms with van der Waals surface area (Å²) in [4.78, 5) is 20.5. The van der Waals surface area contributed by atoms with Gasteiger partial charge in [-0.15, -0.1) is 0 Å². The average Bonchev–Trinajstić information content (AvgIpc) is 3.14. The molecule has 0 amide bonds. The van der Waals surface area contributed by atoms with Crippen molar-refractivity contribution in [1.82, 2.24) is 4.90 Å². The topological polar surface area (TPSA) is 130 Å². The average molecular weight is 409 g/mol. The highest BCUT2D eigenvalue weighted by Gasteiger charge is 2.16. The molecule has 160 valence electrons. The van der Waals surface area contributed by atoms with E-state index in [2.05, 4.69) is 4.90 Å². The number of piperidine rings is 1. The summed E-state index contributed by atoms with van der Waals surface area (Å²) in [5.74, 6) is -2.77. The predicted molar refractivity (Wildman–Crippen MR) is 104 cm³/mol. The van der Waals surface area contributed by atoms with Crippen molar-refractivity contribution in [2.24, 2.45) is 0 Å². The molecule has 0 aliphatic carbocycles. The molecule has 3 N–H and O–H groups in total. The summed E-state index contributed by atoms with van der Waals surface area (Å²) in [7, 11) is 1.69. The van der Waals surface area contributed by atoms with Crippen molar-refractivity contribution in [3.05, 3.63) is 30.0 Å². The van der Waals surface area contributed by atoms with E-state index in [1.165, 1.54) is 0 Å². The van der Waals surface area contributed by atoms with Gasteiger partial charge in [0.05, 0.1) is 32.7 Å². The molecule has 1 aromatic carbocycles. The molecule has 3 rings (SSSR count). The van der Waals surface area contributed by atoms with Gasteiger partial charge in [0, 0.05) is 24.0 Å². The number of carbonyl (C=O) groups is 2. The van der Waals surface area contributed by atoms with Crippen LogP contribution in [0.15, 0.2) is 28.9 Å². The van der Waals surface area contributed by atoms with Crippen LogP contribution in [0.4, 0.5) is 0 Å². The van der Waals surface area contributed by atoms with E-state index in [4.69, 9.17) is 33.7 Å². The van der Waals surface area contributed by atoms with Gasteiger partial charge in [-0.05, 0) is 44.0 Å². The van der Waals surface area contributed by atoms with Gasteiger partial charge in [0.1, 0.15) is 11.3 Å². The van der Waals surface area contributed by atoms with E-state index in [-0.39, 0.29) is 6.10 Å². The van der Waals surface area contributed by atoms with Crippen LogP contribution in [0.2, 0.25) is 0 Å². The van der Waals surface area contributed by atoms with Crippen molar-refractivity contribution in [3.8, 4) is 5.75 Å². The highest BCUT2D eigenvalue weighted by atomic mass is 16.5. The maximum absolute atomic E-state index is 9.65. The van der Waals surface area contributed by atoms with Crippen LogP contribution in [0.5, 0.6) is 5.75 Å². The van der Waals surface area contributed by atoms with E-state index < -0.39 is 11.9 Å². The number of methoxy groups -OCH3 is 1. The van der Waals surface area contributed by atoms with Crippen molar-refractivity contribution in [3.63, 3.8) is 0 Å². The van der Waals surface area contributed by atoms with Crippen LogP contribution in [0.1, 0.15) is 18.4 Å². The molecule has 1 aliphatic rings. The van der Waals surface area contributed by atoms with Gasteiger partial charge >= 0.3 is 11.9 Å². The summed E-state index contributed by atoms with van der Waals surface area (Å²) in [6.45, 7) is 4.05. The summed E-state index contributed by atoms with van der Waals surface area (Å²) in [5, 5.41) is 25.5. The third-order valence-corrected chi connectivity index (χ3v) is 4.59. The summed E-state index contributed by atoms with van der Waals surface area (Å²) in [5.41, 5.74) is 1.98. The first-order valence-corrected chi connectivity index (χ1v) is 9.39. The van der Waals surface area contributed by atoms with Gasteiger partial charge in [-0.1, -0.05) is 0 Å². The lowest BCUT2D eigenvalue weighted by atomic mass is 10.1. The Hall–Kier alpha value is -2.62. The zero-order valence-electron chi connectivity index (χ0n) is 16.4. The number of hydrogen-bond donors (Lipinski definition) is 3. The monoisotopic (exact) mass is 409 g/mol. The Morgan fingerprint density at radius 3 is 2.66 bits per heavy atom. The van der Waals surface area contributed by atoms with Crippen LogP contribution in [0.3, 0.4) is 0 Å². The van der Waals surface area contributed by atoms with Gasteiger partial charge in [0.15, 0.2) is 0 Å². The van der Waals surface area contributed by atoms with Crippen molar-refractivity contribution in [1.29, 1.82) is 0 Å². The normalized spacial score (nSPS) is 16.8. The first-order valence-electron chi connectivity index (χ1n) is 9.39. The Kier molecular flexibility index (Phi) is 8.91. The number of carboxylic acids is 2. The fourth-order valence-electron chi connectivity index (χ4n) is 3.13. The van der Waals surface area contributed by atoms with E-state index in [1.54, 1.807) is 13.4 Å². The van der Waals surface area contributed by atoms with Crippen molar-refractivity contribution in [2.75, 3.05) is 40.0 Å². The van der Waals surface area contributed by atoms with E-state index in [0.717, 1.165) is 61.2 Å². The number of furan rings is 1. The minimum Gasteiger partial charge on any atom is -0.496 e. The zero-order valence-corrected chi connectivity index (χ0v) is 16.4. The number of fused-ring (bicyclic) bond motifs is 1. The van der Waals surface area contributed by atoms with Gasteiger partial charge in [0.2, 0.25) is 0 Å². The summed E-state index contributed by atoms with van der Waals surface area (Å²) in [6, 6.07) is 5.97. The molecular formula is C20H27NO8. The molecule has 29 heavy (non-hydrogen) atoms. The Balaban J connectivity index is 0.000000438. The molecule has 1 aromatic heterocycles. The number of benzene rings is 1. The van der Waals surface area contributed by atoms with E-state index in [9.17, 15) is 5.11 Å². The zero-order chi connectivity index (χ0) is 21.2. The molecule has 1 fully saturated rings. The lowest BCUT2D eigenvalue weighted by molar-refractivity contribution is -0.159. The number of hydrogen-bond acceptors (Lipinski definition) is 7. The van der Waals surface area contributed by atoms with Crippen molar-refractivity contribution < 1.29 is 38.8 Å². The maximum Gasteiger partial charge on any atom is 0.414 e. The Morgan fingerprint density at radius 1 is 1.24 bits per heavy atom. The van der Waals surface area contributed by atoms with Gasteiger partial charge in [0.25, 0.3) is 0 Å². The van der Waals surface area contributed by atoms with Crippen molar-refractivity contribution in [2.45, 2.75) is 25.4 Å². The van der Waals surface area contributed by atoms with E-state index in [1.807, 2.05) is 18.2 Å². The molecule has 2 aromatic rings. The largest absolute Gasteiger partial charge is 0.496 e. The third-order valence-electron chi connectivity index (χ3n) is 4.59. The van der Waals surface area contributed by atoms with Gasteiger partial charge < -0.3 is 29.2 Å². The molecular weight excluding hydrogens is 382 g/mol. The molecule has 9 nitrogen and oxygen atoms in total. The Morgan fingerprint density at radius 2 is 2.00 bits per heavy atom. The second kappa shape index (κ2) is 11.4. The lowest BCUT2D eigenvalue weighted by Crippen LogP contribution is -2.40. The number of β-amino-alcohol motifs (C(OH)–C–C–N with tert-alkyl or cyclic N) is 1. The number of ether oxygens (including phenoxy) is 2. The third kappa shape index (κ3) is 7.37.